The highest BCUT2D eigenvalue weighted by atomic mass is 32.2. The van der Waals surface area contributed by atoms with Crippen molar-refractivity contribution in [3.63, 3.8) is 0 Å². The van der Waals surface area contributed by atoms with Gasteiger partial charge in [-0.2, -0.15) is 0 Å². The standard InChI is InChI=1S/C25H33N3O2S/c1-2-3-4-5-6-7-8-11-24(29)28-19-17-21(20-12-14-27-22(20)18-19)25(30)23-10-9-15-31(23)16-13-26/h9-10,12,14-15,17-18H,2-8,11,13,16,26H2,1H3,(H-,27,28,29,30)/p+1. The molecule has 0 radical (unpaired) electrons. The van der Waals surface area contributed by atoms with Crippen molar-refractivity contribution in [1.82, 2.24) is 4.98 Å². The molecule has 5 nitrogen and oxygen atoms in total. The first-order valence-corrected chi connectivity index (χ1v) is 12.8. The van der Waals surface area contributed by atoms with E-state index in [2.05, 4.69) is 22.6 Å². The molecular formula is C25H34N3O2S+. The fourth-order valence-electron chi connectivity index (χ4n) is 3.91. The van der Waals surface area contributed by atoms with E-state index in [1.165, 1.54) is 32.1 Å². The maximum atomic E-state index is 13.3. The second-order valence-corrected chi connectivity index (χ2v) is 9.97. The van der Waals surface area contributed by atoms with E-state index in [4.69, 9.17) is 5.73 Å². The number of thiophene rings is 1. The van der Waals surface area contributed by atoms with Crippen LogP contribution in [0.5, 0.6) is 0 Å². The zero-order chi connectivity index (χ0) is 22.1. The van der Waals surface area contributed by atoms with E-state index >= 15 is 0 Å². The Bertz CT molecular complexity index is 1010. The number of amides is 1. The number of carbonyl (C=O) groups is 2. The fraction of sp³-hybridized carbons (Fsp3) is 0.440. The Morgan fingerprint density at radius 3 is 2.61 bits per heavy atom. The van der Waals surface area contributed by atoms with Crippen LogP contribution in [0.1, 0.15) is 73.5 Å². The van der Waals surface area contributed by atoms with Crippen LogP contribution >= 0.6 is 10.5 Å². The van der Waals surface area contributed by atoms with Gasteiger partial charge < -0.3 is 16.0 Å². The third kappa shape index (κ3) is 6.28. The Morgan fingerprint density at radius 1 is 1.06 bits per heavy atom. The van der Waals surface area contributed by atoms with Gasteiger partial charge in [0, 0.05) is 47.4 Å². The Labute approximate surface area is 187 Å². The third-order valence-corrected chi connectivity index (χ3v) is 7.59. The monoisotopic (exact) mass is 440 g/mol. The van der Waals surface area contributed by atoms with Crippen LogP contribution in [0.25, 0.3) is 10.9 Å². The number of unbranched alkanes of at least 4 members (excludes halogenated alkanes) is 6. The van der Waals surface area contributed by atoms with Crippen molar-refractivity contribution < 1.29 is 9.59 Å². The van der Waals surface area contributed by atoms with Gasteiger partial charge in [-0.1, -0.05) is 45.4 Å². The van der Waals surface area contributed by atoms with E-state index in [1.54, 1.807) is 0 Å². The van der Waals surface area contributed by atoms with Gasteiger partial charge in [-0.05, 0) is 41.2 Å². The highest BCUT2D eigenvalue weighted by molar-refractivity contribution is 7.31. The Hall–Kier alpha value is -2.44. The summed E-state index contributed by atoms with van der Waals surface area (Å²) < 4.78 is 0. The molecular weight excluding hydrogens is 406 g/mol. The predicted molar refractivity (Wildman–Crippen MR) is 131 cm³/mol. The number of benzene rings is 1. The summed E-state index contributed by atoms with van der Waals surface area (Å²) in [6.45, 7) is 2.76. The summed E-state index contributed by atoms with van der Waals surface area (Å²) in [6.07, 6.45) is 10.6. The average Bonchev–Trinajstić information content (AvgIpc) is 3.41. The highest BCUT2D eigenvalue weighted by Crippen LogP contribution is 2.31. The van der Waals surface area contributed by atoms with Crippen molar-refractivity contribution in [2.45, 2.75) is 64.0 Å². The van der Waals surface area contributed by atoms with Crippen LogP contribution in [-0.4, -0.2) is 23.2 Å². The van der Waals surface area contributed by atoms with Gasteiger partial charge >= 0.3 is 0 Å². The molecule has 0 spiro atoms. The second-order valence-electron chi connectivity index (χ2n) is 7.99. The van der Waals surface area contributed by atoms with Crippen molar-refractivity contribution in [2.24, 2.45) is 5.73 Å². The molecule has 0 fully saturated rings. The number of hydrogen-bond donors (Lipinski definition) is 3. The summed E-state index contributed by atoms with van der Waals surface area (Å²) >= 11 is 0. The maximum absolute atomic E-state index is 13.3. The number of rotatable bonds is 13. The number of H-pyrrole nitrogens is 1. The molecule has 0 bridgehead atoms. The van der Waals surface area contributed by atoms with Crippen LogP contribution in [0.3, 0.4) is 0 Å². The van der Waals surface area contributed by atoms with Gasteiger partial charge in [-0.25, -0.2) is 0 Å². The van der Waals surface area contributed by atoms with Gasteiger partial charge in [0.15, 0.2) is 0 Å². The van der Waals surface area contributed by atoms with E-state index in [0.717, 1.165) is 34.4 Å². The molecule has 0 aliphatic heterocycles. The van der Waals surface area contributed by atoms with E-state index in [9.17, 15) is 9.59 Å². The molecule has 0 saturated heterocycles. The Kier molecular flexibility index (Phi) is 8.85. The molecule has 1 aromatic carbocycles. The minimum Gasteiger partial charge on any atom is -0.361 e. The molecule has 2 heterocycles. The van der Waals surface area contributed by atoms with Crippen LogP contribution in [0.15, 0.2) is 41.9 Å². The van der Waals surface area contributed by atoms with E-state index < -0.39 is 0 Å². The van der Waals surface area contributed by atoms with Crippen LogP contribution in [-0.2, 0) is 10.5 Å². The Morgan fingerprint density at radius 2 is 1.84 bits per heavy atom. The first kappa shape index (κ1) is 23.2. The van der Waals surface area contributed by atoms with Crippen molar-refractivity contribution >= 4 is 38.8 Å². The largest absolute Gasteiger partial charge is 0.361 e. The van der Waals surface area contributed by atoms with Gasteiger partial charge in [-0.3, -0.25) is 9.59 Å². The smallest absolute Gasteiger partial charge is 0.245 e. The molecule has 166 valence electrons. The topological polar surface area (TPSA) is 88.0 Å². The van der Waals surface area contributed by atoms with Gasteiger partial charge in [0.1, 0.15) is 11.1 Å². The van der Waals surface area contributed by atoms with Crippen LogP contribution < -0.4 is 11.1 Å². The summed E-state index contributed by atoms with van der Waals surface area (Å²) in [5.41, 5.74) is 7.86. The number of hydrogen-bond acceptors (Lipinski definition) is 3. The number of aromatic nitrogens is 1. The molecule has 1 amide bonds. The first-order valence-electron chi connectivity index (χ1n) is 11.4. The molecule has 3 rings (SSSR count). The summed E-state index contributed by atoms with van der Waals surface area (Å²) in [7, 11) is -0.244. The van der Waals surface area contributed by atoms with Gasteiger partial charge in [0.05, 0.1) is 0 Å². The zero-order valence-electron chi connectivity index (χ0n) is 18.4. The molecule has 1 unspecified atom stereocenters. The molecule has 0 aliphatic carbocycles. The summed E-state index contributed by atoms with van der Waals surface area (Å²) in [5.74, 6) is 0.788. The van der Waals surface area contributed by atoms with Gasteiger partial charge in [0.2, 0.25) is 16.6 Å². The lowest BCUT2D eigenvalue weighted by atomic mass is 10.0. The molecule has 0 aliphatic rings. The molecule has 3 aromatic rings. The summed E-state index contributed by atoms with van der Waals surface area (Å²) in [4.78, 5) is 29.8. The van der Waals surface area contributed by atoms with Crippen LogP contribution in [0.4, 0.5) is 5.69 Å². The lowest BCUT2D eigenvalue weighted by Gasteiger charge is -2.08. The maximum Gasteiger partial charge on any atom is 0.245 e. The predicted octanol–water partition coefficient (Wildman–Crippen LogP) is 6.19. The summed E-state index contributed by atoms with van der Waals surface area (Å²) in [6, 6.07) is 9.45. The number of nitrogens with one attached hydrogen (secondary N) is 2. The summed E-state index contributed by atoms with van der Waals surface area (Å²) in [5, 5.41) is 5.93. The number of aromatic amines is 1. The van der Waals surface area contributed by atoms with Crippen LogP contribution in [0, 0.1) is 0 Å². The SMILES string of the molecule is CCCCCCCCCC(=O)Nc1cc(C(=O)c2ccc[s+]2CCN)c2cc[nH]c2c1. The number of ketones is 1. The number of nitrogens with two attached hydrogens (primary N) is 1. The molecule has 2 aromatic heterocycles. The molecule has 1 atom stereocenters. The number of anilines is 1. The zero-order valence-corrected chi connectivity index (χ0v) is 19.2. The molecule has 6 heteroatoms. The van der Waals surface area contributed by atoms with E-state index in [1.807, 2.05) is 36.5 Å². The lowest BCUT2D eigenvalue weighted by molar-refractivity contribution is -0.116. The Balaban J connectivity index is 1.67. The highest BCUT2D eigenvalue weighted by Gasteiger charge is 2.24. The van der Waals surface area contributed by atoms with Crippen molar-refractivity contribution in [3.05, 3.63) is 52.3 Å². The van der Waals surface area contributed by atoms with E-state index in [0.29, 0.717) is 24.2 Å². The molecule has 4 N–H and O–H groups in total. The third-order valence-electron chi connectivity index (χ3n) is 5.54. The van der Waals surface area contributed by atoms with Gasteiger partial charge in [-0.15, -0.1) is 0 Å². The molecule has 31 heavy (non-hydrogen) atoms. The number of carbonyl (C=O) groups excluding carboxylic acids is 2. The lowest BCUT2D eigenvalue weighted by Crippen LogP contribution is -2.12. The van der Waals surface area contributed by atoms with Crippen molar-refractivity contribution in [2.75, 3.05) is 11.9 Å². The van der Waals surface area contributed by atoms with Gasteiger partial charge in [0.25, 0.3) is 0 Å². The minimum atomic E-state index is -0.244. The average molecular weight is 441 g/mol. The first-order chi connectivity index (χ1) is 15.1. The van der Waals surface area contributed by atoms with Crippen molar-refractivity contribution in [1.29, 1.82) is 0 Å². The fourth-order valence-corrected chi connectivity index (χ4v) is 5.53. The normalized spacial score (nSPS) is 11.7. The van der Waals surface area contributed by atoms with Crippen LogP contribution in [0.2, 0.25) is 0 Å². The molecule has 0 saturated carbocycles. The van der Waals surface area contributed by atoms with Crippen molar-refractivity contribution in [3.8, 4) is 0 Å². The minimum absolute atomic E-state index is 0.00231. The van der Waals surface area contributed by atoms with E-state index in [-0.39, 0.29) is 22.2 Å². The second kappa shape index (κ2) is 11.8. The quantitative estimate of drug-likeness (QED) is 0.168. The number of fused-ring (bicyclic) bond motifs is 1.